The second kappa shape index (κ2) is 6.87. The number of ether oxygens (including phenoxy) is 2. The summed E-state index contributed by atoms with van der Waals surface area (Å²) in [5.41, 5.74) is 2.69. The molecule has 0 unspecified atom stereocenters. The van der Waals surface area contributed by atoms with Crippen LogP contribution in [0.4, 0.5) is 0 Å². The normalized spacial score (nSPS) is 20.2. The average Bonchev–Trinajstić information content (AvgIpc) is 3.38. The molecule has 0 fully saturated rings. The maximum absolute atomic E-state index is 10.3. The van der Waals surface area contributed by atoms with E-state index in [1.54, 1.807) is 17.4 Å². The zero-order valence-corrected chi connectivity index (χ0v) is 16.2. The molecular formula is C22H20N2O3S. The van der Waals surface area contributed by atoms with Crippen molar-refractivity contribution in [1.29, 1.82) is 0 Å². The lowest BCUT2D eigenvalue weighted by Crippen LogP contribution is -2.33. The molecule has 3 aromatic rings. The molecule has 1 N–H and O–H groups in total. The molecule has 2 aliphatic heterocycles. The third-order valence-electron chi connectivity index (χ3n) is 5.08. The number of para-hydroxylation sites is 2. The average molecular weight is 392 g/mol. The van der Waals surface area contributed by atoms with Crippen molar-refractivity contribution in [2.75, 3.05) is 6.61 Å². The number of nitrogens with zero attached hydrogens (tertiary/aromatic N) is 2. The molecule has 0 spiro atoms. The molecule has 1 aromatic heterocycles. The van der Waals surface area contributed by atoms with Gasteiger partial charge < -0.3 is 14.6 Å². The molecule has 0 radical (unpaired) electrons. The molecule has 2 aliphatic rings. The molecule has 2 atom stereocenters. The standard InChI is InChI=1S/C22H20N2O3S/c1-2-26-19-10-5-8-15-17-13-16(14-7-3-4-9-18(14)25)23-24(17)22(27-21(15)19)20-11-6-12-28-20/h3-12,17,22,25H,2,13H2,1H3/t17-,22-/m1/s1. The highest BCUT2D eigenvalue weighted by atomic mass is 32.1. The Bertz CT molecular complexity index is 1030. The lowest BCUT2D eigenvalue weighted by molar-refractivity contribution is -0.0188. The number of hydrogen-bond donors (Lipinski definition) is 1. The monoisotopic (exact) mass is 392 g/mol. The van der Waals surface area contributed by atoms with Gasteiger partial charge in [-0.25, -0.2) is 5.01 Å². The van der Waals surface area contributed by atoms with E-state index in [-0.39, 0.29) is 18.0 Å². The summed E-state index contributed by atoms with van der Waals surface area (Å²) in [6.45, 7) is 2.55. The predicted molar refractivity (Wildman–Crippen MR) is 109 cm³/mol. The number of hydrazone groups is 1. The highest BCUT2D eigenvalue weighted by molar-refractivity contribution is 7.10. The molecule has 142 valence electrons. The van der Waals surface area contributed by atoms with Gasteiger partial charge in [-0.15, -0.1) is 11.3 Å². The van der Waals surface area contributed by atoms with Crippen LogP contribution in [0.15, 0.2) is 65.1 Å². The van der Waals surface area contributed by atoms with Gasteiger partial charge in [-0.2, -0.15) is 5.10 Å². The van der Waals surface area contributed by atoms with Gasteiger partial charge >= 0.3 is 0 Å². The first-order valence-corrected chi connectivity index (χ1v) is 10.2. The molecule has 0 bridgehead atoms. The van der Waals surface area contributed by atoms with Crippen LogP contribution < -0.4 is 9.47 Å². The Kier molecular flexibility index (Phi) is 4.20. The Hall–Kier alpha value is -2.99. The first-order valence-electron chi connectivity index (χ1n) is 9.36. The van der Waals surface area contributed by atoms with E-state index in [1.165, 1.54) is 0 Å². The minimum absolute atomic E-state index is 0.0332. The van der Waals surface area contributed by atoms with E-state index in [9.17, 15) is 5.11 Å². The molecule has 2 aromatic carbocycles. The molecule has 0 aliphatic carbocycles. The second-order valence-corrected chi connectivity index (χ2v) is 7.74. The van der Waals surface area contributed by atoms with E-state index in [1.807, 2.05) is 53.7 Å². The predicted octanol–water partition coefficient (Wildman–Crippen LogP) is 5.09. The molecule has 6 heteroatoms. The highest BCUT2D eigenvalue weighted by Gasteiger charge is 2.42. The SMILES string of the molecule is CCOc1cccc2c1O[C@H](c1cccs1)N1N=C(c3ccccc3O)C[C@H]21. The Labute approximate surface area is 167 Å². The summed E-state index contributed by atoms with van der Waals surface area (Å²) in [4.78, 5) is 1.09. The number of phenolic OH excluding ortho intramolecular Hbond substituents is 1. The summed E-state index contributed by atoms with van der Waals surface area (Å²) in [6.07, 6.45) is 0.383. The van der Waals surface area contributed by atoms with Crippen LogP contribution in [-0.2, 0) is 0 Å². The van der Waals surface area contributed by atoms with Crippen LogP contribution >= 0.6 is 11.3 Å². The van der Waals surface area contributed by atoms with Crippen LogP contribution in [0.25, 0.3) is 0 Å². The maximum atomic E-state index is 10.3. The molecule has 28 heavy (non-hydrogen) atoms. The van der Waals surface area contributed by atoms with E-state index >= 15 is 0 Å². The summed E-state index contributed by atoms with van der Waals surface area (Å²) in [6, 6.07) is 17.5. The zero-order chi connectivity index (χ0) is 19.1. The molecule has 3 heterocycles. The summed E-state index contributed by atoms with van der Waals surface area (Å²) in [7, 11) is 0. The van der Waals surface area contributed by atoms with Gasteiger partial charge in [-0.05, 0) is 36.6 Å². The number of hydrogen-bond acceptors (Lipinski definition) is 6. The Balaban J connectivity index is 1.62. The Morgan fingerprint density at radius 2 is 2.07 bits per heavy atom. The number of benzene rings is 2. The van der Waals surface area contributed by atoms with Crippen LogP contribution in [0.5, 0.6) is 17.2 Å². The fourth-order valence-corrected chi connectivity index (χ4v) is 4.60. The van der Waals surface area contributed by atoms with Crippen molar-refractivity contribution in [3.05, 3.63) is 76.0 Å². The van der Waals surface area contributed by atoms with E-state index < -0.39 is 0 Å². The second-order valence-electron chi connectivity index (χ2n) is 6.76. The number of rotatable bonds is 4. The van der Waals surface area contributed by atoms with E-state index in [0.29, 0.717) is 13.0 Å². The minimum Gasteiger partial charge on any atom is -0.507 e. The number of phenols is 1. The van der Waals surface area contributed by atoms with Crippen molar-refractivity contribution in [2.24, 2.45) is 5.10 Å². The Morgan fingerprint density at radius 1 is 1.18 bits per heavy atom. The van der Waals surface area contributed by atoms with Crippen LogP contribution in [0.2, 0.25) is 0 Å². The van der Waals surface area contributed by atoms with Gasteiger partial charge in [0.2, 0.25) is 6.23 Å². The van der Waals surface area contributed by atoms with Gasteiger partial charge in [-0.3, -0.25) is 0 Å². The van der Waals surface area contributed by atoms with Gasteiger partial charge in [0, 0.05) is 17.5 Å². The number of fused-ring (bicyclic) bond motifs is 3. The first-order chi connectivity index (χ1) is 13.8. The van der Waals surface area contributed by atoms with Crippen LogP contribution in [0.3, 0.4) is 0 Å². The van der Waals surface area contributed by atoms with Crippen molar-refractivity contribution in [3.63, 3.8) is 0 Å². The number of thiophene rings is 1. The fourth-order valence-electron chi connectivity index (χ4n) is 3.85. The third-order valence-corrected chi connectivity index (χ3v) is 5.98. The molecular weight excluding hydrogens is 372 g/mol. The van der Waals surface area contributed by atoms with E-state index in [2.05, 4.69) is 12.1 Å². The van der Waals surface area contributed by atoms with Crippen LogP contribution in [0, 0.1) is 0 Å². The van der Waals surface area contributed by atoms with Gasteiger partial charge in [0.05, 0.1) is 23.2 Å². The topological polar surface area (TPSA) is 54.3 Å². The number of aromatic hydroxyl groups is 1. The van der Waals surface area contributed by atoms with Crippen molar-refractivity contribution < 1.29 is 14.6 Å². The molecule has 5 nitrogen and oxygen atoms in total. The largest absolute Gasteiger partial charge is 0.507 e. The summed E-state index contributed by atoms with van der Waals surface area (Å²) in [5, 5.41) is 19.3. The third kappa shape index (κ3) is 2.72. The van der Waals surface area contributed by atoms with Gasteiger partial charge in [0.25, 0.3) is 0 Å². The van der Waals surface area contributed by atoms with Crippen molar-refractivity contribution >= 4 is 17.0 Å². The smallest absolute Gasteiger partial charge is 0.223 e. The summed E-state index contributed by atoms with van der Waals surface area (Å²) >= 11 is 1.65. The maximum Gasteiger partial charge on any atom is 0.223 e. The minimum atomic E-state index is -0.317. The van der Waals surface area contributed by atoms with Crippen LogP contribution in [-0.4, -0.2) is 22.4 Å². The quantitative estimate of drug-likeness (QED) is 0.672. The van der Waals surface area contributed by atoms with E-state index in [0.717, 1.165) is 33.2 Å². The Morgan fingerprint density at radius 3 is 2.86 bits per heavy atom. The fraction of sp³-hybridized carbons (Fsp3) is 0.227. The van der Waals surface area contributed by atoms with Crippen LogP contribution in [0.1, 0.15) is 41.6 Å². The first kappa shape index (κ1) is 17.1. The van der Waals surface area contributed by atoms with Crippen molar-refractivity contribution in [2.45, 2.75) is 25.6 Å². The van der Waals surface area contributed by atoms with E-state index in [4.69, 9.17) is 14.6 Å². The van der Waals surface area contributed by atoms with Gasteiger partial charge in [-0.1, -0.05) is 30.3 Å². The summed E-state index contributed by atoms with van der Waals surface area (Å²) < 4.78 is 12.3. The van der Waals surface area contributed by atoms with Crippen molar-refractivity contribution in [3.8, 4) is 17.2 Å². The zero-order valence-electron chi connectivity index (χ0n) is 15.4. The summed E-state index contributed by atoms with van der Waals surface area (Å²) in [5.74, 6) is 1.80. The highest BCUT2D eigenvalue weighted by Crippen LogP contribution is 2.51. The van der Waals surface area contributed by atoms with Crippen molar-refractivity contribution in [1.82, 2.24) is 5.01 Å². The van der Waals surface area contributed by atoms with Gasteiger partial charge in [0.1, 0.15) is 5.75 Å². The molecule has 0 saturated heterocycles. The molecule has 5 rings (SSSR count). The molecule has 0 saturated carbocycles. The molecule has 0 amide bonds. The lowest BCUT2D eigenvalue weighted by atomic mass is 9.96. The van der Waals surface area contributed by atoms with Gasteiger partial charge in [0.15, 0.2) is 11.5 Å². The lowest BCUT2D eigenvalue weighted by Gasteiger charge is -2.38.